The fraction of sp³-hybridized carbons (Fsp3) is 0.412. The van der Waals surface area contributed by atoms with E-state index in [0.29, 0.717) is 12.2 Å². The van der Waals surface area contributed by atoms with Gasteiger partial charge in [-0.15, -0.1) is 0 Å². The second-order valence-electron chi connectivity index (χ2n) is 5.54. The first-order valence-corrected chi connectivity index (χ1v) is 7.59. The number of carbonyl (C=O) groups excluding carboxylic acids is 1. The lowest BCUT2D eigenvalue weighted by molar-refractivity contribution is 0.0463. The molecule has 0 saturated carbocycles. The monoisotopic (exact) mass is 300 g/mol. The predicted molar refractivity (Wildman–Crippen MR) is 82.7 cm³/mol. The van der Waals surface area contributed by atoms with Crippen molar-refractivity contribution < 1.29 is 14.1 Å². The van der Waals surface area contributed by atoms with Crippen LogP contribution in [0, 0.1) is 0 Å². The number of nitrogens with zero attached hydrogens (tertiary/aromatic N) is 2. The summed E-state index contributed by atoms with van der Waals surface area (Å²) in [6, 6.07) is 11.3. The van der Waals surface area contributed by atoms with Crippen molar-refractivity contribution >= 4 is 5.78 Å². The van der Waals surface area contributed by atoms with Crippen molar-refractivity contribution in [2.24, 2.45) is 0 Å². The Bertz CT molecular complexity index is 618. The van der Waals surface area contributed by atoms with Crippen LogP contribution >= 0.6 is 0 Å². The predicted octanol–water partition coefficient (Wildman–Crippen LogP) is 2.64. The van der Waals surface area contributed by atoms with Crippen LogP contribution in [0.4, 0.5) is 0 Å². The van der Waals surface area contributed by atoms with E-state index in [1.807, 2.05) is 30.3 Å². The van der Waals surface area contributed by atoms with E-state index in [1.54, 1.807) is 13.2 Å². The van der Waals surface area contributed by atoms with Crippen LogP contribution in [0.15, 0.2) is 40.9 Å². The molecule has 0 radical (unpaired) electrons. The zero-order valence-electron chi connectivity index (χ0n) is 12.7. The van der Waals surface area contributed by atoms with Gasteiger partial charge in [-0.3, -0.25) is 4.79 Å². The maximum Gasteiger partial charge on any atom is 0.230 e. The third-order valence-electron chi connectivity index (χ3n) is 4.02. The van der Waals surface area contributed by atoms with Gasteiger partial charge in [-0.2, -0.15) is 0 Å². The number of aromatic nitrogens is 1. The molecule has 1 aliphatic rings. The van der Waals surface area contributed by atoms with E-state index in [9.17, 15) is 4.79 Å². The van der Waals surface area contributed by atoms with E-state index >= 15 is 0 Å². The molecule has 5 heteroatoms. The summed E-state index contributed by atoms with van der Waals surface area (Å²) in [6.45, 7) is 2.66. The van der Waals surface area contributed by atoms with Gasteiger partial charge in [-0.25, -0.2) is 0 Å². The molecule has 22 heavy (non-hydrogen) atoms. The first-order valence-electron chi connectivity index (χ1n) is 7.59. The quantitative estimate of drug-likeness (QED) is 0.768. The first-order chi connectivity index (χ1) is 10.8. The van der Waals surface area contributed by atoms with Crippen LogP contribution in [0.3, 0.4) is 0 Å². The summed E-state index contributed by atoms with van der Waals surface area (Å²) in [5.74, 6) is 0.106. The molecular weight excluding hydrogens is 280 g/mol. The maximum absolute atomic E-state index is 12.5. The molecule has 1 atom stereocenters. The Hall–Kier alpha value is -1.98. The van der Waals surface area contributed by atoms with Crippen molar-refractivity contribution in [3.8, 4) is 11.3 Å². The molecule has 0 spiro atoms. The highest BCUT2D eigenvalue weighted by Crippen LogP contribution is 2.20. The minimum absolute atomic E-state index is 0.149. The summed E-state index contributed by atoms with van der Waals surface area (Å²) in [5.41, 5.74) is 1.60. The minimum atomic E-state index is -0.505. The number of ether oxygens (including phenoxy) is 1. The van der Waals surface area contributed by atoms with Gasteiger partial charge in [-0.05, 0) is 25.9 Å². The third kappa shape index (κ3) is 3.26. The van der Waals surface area contributed by atoms with Gasteiger partial charge >= 0.3 is 0 Å². The van der Waals surface area contributed by atoms with E-state index in [-0.39, 0.29) is 11.5 Å². The zero-order chi connectivity index (χ0) is 15.4. The molecule has 0 N–H and O–H groups in total. The molecular formula is C17H20N2O3. The van der Waals surface area contributed by atoms with Crippen molar-refractivity contribution in [2.75, 3.05) is 26.7 Å². The van der Waals surface area contributed by atoms with Crippen LogP contribution in [-0.4, -0.2) is 48.7 Å². The lowest BCUT2D eigenvalue weighted by atomic mass is 10.1. The van der Waals surface area contributed by atoms with Crippen LogP contribution in [0.25, 0.3) is 11.3 Å². The Morgan fingerprint density at radius 3 is 2.73 bits per heavy atom. The summed E-state index contributed by atoms with van der Waals surface area (Å²) in [6.07, 6.45) is 1.87. The van der Waals surface area contributed by atoms with Crippen LogP contribution in [-0.2, 0) is 4.74 Å². The average Bonchev–Trinajstić information content (AvgIpc) is 3.24. The van der Waals surface area contributed by atoms with Gasteiger partial charge in [0.25, 0.3) is 0 Å². The molecule has 2 heterocycles. The Morgan fingerprint density at radius 2 is 2.05 bits per heavy atom. The zero-order valence-corrected chi connectivity index (χ0v) is 12.7. The third-order valence-corrected chi connectivity index (χ3v) is 4.02. The number of carbonyl (C=O) groups is 1. The molecule has 2 aromatic rings. The molecule has 3 rings (SSSR count). The number of methoxy groups -OCH3 is 1. The Balaban J connectivity index is 1.72. The Labute approximate surface area is 129 Å². The fourth-order valence-electron chi connectivity index (χ4n) is 2.76. The van der Waals surface area contributed by atoms with Crippen LogP contribution in [0.1, 0.15) is 23.4 Å². The number of rotatable bonds is 6. The highest BCUT2D eigenvalue weighted by molar-refractivity contribution is 5.97. The molecule has 0 aliphatic carbocycles. The smallest absolute Gasteiger partial charge is 0.230 e. The Kier molecular flexibility index (Phi) is 4.65. The molecule has 116 valence electrons. The molecule has 1 aliphatic heterocycles. The number of hydrogen-bond acceptors (Lipinski definition) is 5. The molecule has 5 nitrogen and oxygen atoms in total. The Morgan fingerprint density at radius 1 is 1.32 bits per heavy atom. The minimum Gasteiger partial charge on any atom is -0.372 e. The van der Waals surface area contributed by atoms with Gasteiger partial charge in [0.15, 0.2) is 0 Å². The molecule has 1 fully saturated rings. The van der Waals surface area contributed by atoms with Crippen molar-refractivity contribution in [3.05, 3.63) is 42.2 Å². The largest absolute Gasteiger partial charge is 0.372 e. The van der Waals surface area contributed by atoms with Crippen LogP contribution in [0.5, 0.6) is 0 Å². The van der Waals surface area contributed by atoms with Gasteiger partial charge in [0.1, 0.15) is 11.8 Å². The summed E-state index contributed by atoms with van der Waals surface area (Å²) in [7, 11) is 1.56. The molecule has 1 aromatic carbocycles. The highest BCUT2D eigenvalue weighted by atomic mass is 16.5. The number of Topliss-reactive ketones (excluding diaryl/α,β-unsaturated/α-hetero) is 1. The highest BCUT2D eigenvalue weighted by Gasteiger charge is 2.27. The summed E-state index contributed by atoms with van der Waals surface area (Å²) in [4.78, 5) is 14.8. The standard InChI is InChI=1S/C17H20N2O3/c1-21-16(12-19-9-5-6-10-19)17(20)15-11-14(18-22-15)13-7-3-2-4-8-13/h2-4,7-8,11,16H,5-6,9-10,12H2,1H3. The normalized spacial score (nSPS) is 16.8. The van der Waals surface area contributed by atoms with Gasteiger partial charge in [0.2, 0.25) is 11.5 Å². The molecule has 0 bridgehead atoms. The number of likely N-dealkylation sites (tertiary alicyclic amines) is 1. The van der Waals surface area contributed by atoms with Gasteiger partial charge in [0, 0.05) is 25.3 Å². The van der Waals surface area contributed by atoms with Gasteiger partial charge in [0.05, 0.1) is 0 Å². The summed E-state index contributed by atoms with van der Waals surface area (Å²) < 4.78 is 10.6. The van der Waals surface area contributed by atoms with E-state index in [2.05, 4.69) is 10.1 Å². The van der Waals surface area contributed by atoms with Crippen molar-refractivity contribution in [2.45, 2.75) is 18.9 Å². The van der Waals surface area contributed by atoms with Crippen LogP contribution < -0.4 is 0 Å². The fourth-order valence-corrected chi connectivity index (χ4v) is 2.76. The lowest BCUT2D eigenvalue weighted by Gasteiger charge is -2.20. The molecule has 1 aromatic heterocycles. The average molecular weight is 300 g/mol. The number of hydrogen-bond donors (Lipinski definition) is 0. The van der Waals surface area contributed by atoms with E-state index in [4.69, 9.17) is 9.26 Å². The SMILES string of the molecule is COC(CN1CCCC1)C(=O)c1cc(-c2ccccc2)no1. The number of ketones is 1. The van der Waals surface area contributed by atoms with Crippen molar-refractivity contribution in [3.63, 3.8) is 0 Å². The molecule has 0 amide bonds. The lowest BCUT2D eigenvalue weighted by Crippen LogP contribution is -2.36. The van der Waals surface area contributed by atoms with E-state index in [1.165, 1.54) is 12.8 Å². The maximum atomic E-state index is 12.5. The second kappa shape index (κ2) is 6.85. The summed E-state index contributed by atoms with van der Waals surface area (Å²) >= 11 is 0. The van der Waals surface area contributed by atoms with E-state index < -0.39 is 6.10 Å². The second-order valence-corrected chi connectivity index (χ2v) is 5.54. The van der Waals surface area contributed by atoms with E-state index in [0.717, 1.165) is 18.7 Å². The first kappa shape index (κ1) is 14.9. The number of benzene rings is 1. The van der Waals surface area contributed by atoms with Crippen LogP contribution in [0.2, 0.25) is 0 Å². The van der Waals surface area contributed by atoms with Gasteiger partial charge < -0.3 is 14.2 Å². The van der Waals surface area contributed by atoms with Crippen molar-refractivity contribution in [1.82, 2.24) is 10.1 Å². The molecule has 1 saturated heterocycles. The molecule has 1 unspecified atom stereocenters. The topological polar surface area (TPSA) is 55.6 Å². The summed E-state index contributed by atoms with van der Waals surface area (Å²) in [5, 5.41) is 3.99. The van der Waals surface area contributed by atoms with Gasteiger partial charge in [-0.1, -0.05) is 35.5 Å². The van der Waals surface area contributed by atoms with Crippen molar-refractivity contribution in [1.29, 1.82) is 0 Å².